The van der Waals surface area contributed by atoms with E-state index in [2.05, 4.69) is 240 Å². The number of nitrogens with zero attached hydrogens (tertiary/aromatic N) is 2. The Bertz CT molecular complexity index is 3110. The average molecular weight is 743 g/mol. The van der Waals surface area contributed by atoms with Crippen LogP contribution in [0.15, 0.2) is 231 Å². The van der Waals surface area contributed by atoms with Crippen LogP contribution in [0, 0.1) is 0 Å². The summed E-state index contributed by atoms with van der Waals surface area (Å²) in [5.41, 5.74) is 9.56. The minimum atomic E-state index is -3.03. The quantitative estimate of drug-likeness (QED) is 0.114. The number of aromatic nitrogens is 2. The Labute approximate surface area is 333 Å². The van der Waals surface area contributed by atoms with Gasteiger partial charge < -0.3 is 9.13 Å². The van der Waals surface area contributed by atoms with E-state index in [1.807, 2.05) is 0 Å². The maximum Gasteiger partial charge on any atom is 0.181 e. The molecule has 0 saturated carbocycles. The first kappa shape index (κ1) is 33.2. The highest BCUT2D eigenvalue weighted by atomic mass is 28.3. The van der Waals surface area contributed by atoms with Crippen LogP contribution >= 0.6 is 0 Å². The van der Waals surface area contributed by atoms with Gasteiger partial charge >= 0.3 is 0 Å². The van der Waals surface area contributed by atoms with Crippen LogP contribution in [0.2, 0.25) is 0 Å². The molecule has 9 aromatic carbocycles. The van der Waals surface area contributed by atoms with E-state index in [9.17, 15) is 0 Å². The van der Waals surface area contributed by atoms with Crippen molar-refractivity contribution in [2.24, 2.45) is 0 Å². The third kappa shape index (κ3) is 5.17. The van der Waals surface area contributed by atoms with E-state index < -0.39 is 8.07 Å². The Balaban J connectivity index is 1.34. The highest BCUT2D eigenvalue weighted by molar-refractivity contribution is 7.20. The van der Waals surface area contributed by atoms with Gasteiger partial charge in [0.05, 0.1) is 22.1 Å². The van der Waals surface area contributed by atoms with Crippen LogP contribution in [0.4, 0.5) is 0 Å². The molecule has 0 atom stereocenters. The molecule has 0 fully saturated rings. The second-order valence-electron chi connectivity index (χ2n) is 14.9. The van der Waals surface area contributed by atoms with Gasteiger partial charge in [-0.3, -0.25) is 0 Å². The SMILES string of the molecule is c1ccc(-c2cc([Si](c3ccccc3)(c3ccccc3)c3ccccc3)c3c(c2)c2ccccc2n3-c2ccc3c4ccccc4n(-c4ccccc4)c3c2)cc1. The van der Waals surface area contributed by atoms with Crippen molar-refractivity contribution >= 4 is 72.4 Å². The number of fused-ring (bicyclic) bond motifs is 6. The minimum absolute atomic E-state index is 1.14. The first-order valence-corrected chi connectivity index (χ1v) is 21.7. The summed E-state index contributed by atoms with van der Waals surface area (Å²) in [5.74, 6) is 0. The van der Waals surface area contributed by atoms with Crippen molar-refractivity contribution < 1.29 is 0 Å². The molecule has 0 bridgehead atoms. The number of benzene rings is 9. The molecule has 11 aromatic rings. The van der Waals surface area contributed by atoms with Gasteiger partial charge in [0, 0.05) is 32.9 Å². The average Bonchev–Trinajstić information content (AvgIpc) is 3.81. The first-order valence-electron chi connectivity index (χ1n) is 19.7. The maximum absolute atomic E-state index is 3.03. The van der Waals surface area contributed by atoms with Crippen molar-refractivity contribution in [3.8, 4) is 22.5 Å². The standard InChI is InChI=1S/C54H38N2Si/c1-6-20-39(21-7-1)40-36-49-47-31-17-19-33-51(47)56(42-34-35-48-46-30-16-18-32-50(46)55(52(48)38-42)41-22-8-2-9-23-41)54(49)53(37-40)57(43-24-10-3-11-25-43,44-26-12-4-13-27-44)45-28-14-5-15-29-45/h1-38H. The second-order valence-corrected chi connectivity index (χ2v) is 18.6. The van der Waals surface area contributed by atoms with Gasteiger partial charge in [0.1, 0.15) is 0 Å². The molecule has 11 rings (SSSR count). The van der Waals surface area contributed by atoms with Crippen LogP contribution < -0.4 is 20.7 Å². The summed E-state index contributed by atoms with van der Waals surface area (Å²) in [6, 6.07) is 85.4. The first-order chi connectivity index (χ1) is 28.3. The van der Waals surface area contributed by atoms with Crippen LogP contribution in [0.1, 0.15) is 0 Å². The third-order valence-electron chi connectivity index (χ3n) is 11.8. The van der Waals surface area contributed by atoms with Crippen molar-refractivity contribution in [1.82, 2.24) is 9.13 Å². The smallest absolute Gasteiger partial charge is 0.181 e. The molecular formula is C54H38N2Si. The molecule has 0 saturated heterocycles. The molecule has 268 valence electrons. The summed E-state index contributed by atoms with van der Waals surface area (Å²) in [6.45, 7) is 0. The third-order valence-corrected chi connectivity index (χ3v) is 16.6. The lowest BCUT2D eigenvalue weighted by atomic mass is 10.0. The van der Waals surface area contributed by atoms with Crippen LogP contribution in [-0.4, -0.2) is 17.2 Å². The van der Waals surface area contributed by atoms with Crippen molar-refractivity contribution in [2.45, 2.75) is 0 Å². The largest absolute Gasteiger partial charge is 0.309 e. The van der Waals surface area contributed by atoms with E-state index in [1.165, 1.54) is 75.5 Å². The van der Waals surface area contributed by atoms with Crippen LogP contribution in [0.5, 0.6) is 0 Å². The normalized spacial score (nSPS) is 11.9. The Kier molecular flexibility index (Phi) is 7.87. The van der Waals surface area contributed by atoms with Gasteiger partial charge in [-0.05, 0) is 74.3 Å². The predicted molar refractivity (Wildman–Crippen MR) is 244 cm³/mol. The fourth-order valence-corrected chi connectivity index (χ4v) is 14.4. The molecule has 0 aliphatic rings. The van der Waals surface area contributed by atoms with E-state index in [1.54, 1.807) is 0 Å². The van der Waals surface area contributed by atoms with Crippen molar-refractivity contribution in [2.75, 3.05) is 0 Å². The van der Waals surface area contributed by atoms with E-state index >= 15 is 0 Å². The zero-order valence-corrected chi connectivity index (χ0v) is 32.3. The zero-order chi connectivity index (χ0) is 37.8. The van der Waals surface area contributed by atoms with Gasteiger partial charge in [-0.15, -0.1) is 0 Å². The number of rotatable bonds is 7. The van der Waals surface area contributed by atoms with Crippen molar-refractivity contribution in [1.29, 1.82) is 0 Å². The van der Waals surface area contributed by atoms with Gasteiger partial charge in [0.2, 0.25) is 0 Å². The molecule has 0 amide bonds. The number of hydrogen-bond acceptors (Lipinski definition) is 0. The minimum Gasteiger partial charge on any atom is -0.309 e. The highest BCUT2D eigenvalue weighted by Gasteiger charge is 2.44. The van der Waals surface area contributed by atoms with Crippen LogP contribution in [0.3, 0.4) is 0 Å². The summed E-state index contributed by atoms with van der Waals surface area (Å²) >= 11 is 0. The molecule has 0 aliphatic carbocycles. The number of para-hydroxylation sites is 3. The van der Waals surface area contributed by atoms with Crippen molar-refractivity contribution in [3.05, 3.63) is 231 Å². The summed E-state index contributed by atoms with van der Waals surface area (Å²) < 4.78 is 4.99. The van der Waals surface area contributed by atoms with E-state index in [0.717, 1.165) is 11.4 Å². The second kappa shape index (κ2) is 13.5. The van der Waals surface area contributed by atoms with Gasteiger partial charge in [0.15, 0.2) is 8.07 Å². The van der Waals surface area contributed by atoms with Gasteiger partial charge in [-0.25, -0.2) is 0 Å². The molecule has 3 heteroatoms. The molecular weight excluding hydrogens is 705 g/mol. The molecule has 0 aliphatic heterocycles. The lowest BCUT2D eigenvalue weighted by Gasteiger charge is -2.35. The lowest BCUT2D eigenvalue weighted by molar-refractivity contribution is 1.16. The van der Waals surface area contributed by atoms with E-state index in [0.29, 0.717) is 0 Å². The topological polar surface area (TPSA) is 9.86 Å². The number of hydrogen-bond donors (Lipinski definition) is 0. The van der Waals surface area contributed by atoms with Crippen LogP contribution in [0.25, 0.3) is 66.1 Å². The molecule has 2 aromatic heterocycles. The van der Waals surface area contributed by atoms with E-state index in [-0.39, 0.29) is 0 Å². The molecule has 2 nitrogen and oxygen atoms in total. The predicted octanol–water partition coefficient (Wildman–Crippen LogP) is 10.9. The Morgan fingerprint density at radius 2 is 0.737 bits per heavy atom. The molecule has 57 heavy (non-hydrogen) atoms. The van der Waals surface area contributed by atoms with Gasteiger partial charge in [-0.1, -0.05) is 188 Å². The molecule has 0 N–H and O–H groups in total. The monoisotopic (exact) mass is 742 g/mol. The summed E-state index contributed by atoms with van der Waals surface area (Å²) in [7, 11) is -3.03. The fraction of sp³-hybridized carbons (Fsp3) is 0. The highest BCUT2D eigenvalue weighted by Crippen LogP contribution is 2.38. The van der Waals surface area contributed by atoms with E-state index in [4.69, 9.17) is 0 Å². The van der Waals surface area contributed by atoms with Gasteiger partial charge in [-0.2, -0.15) is 0 Å². The molecule has 0 spiro atoms. The fourth-order valence-electron chi connectivity index (χ4n) is 9.43. The summed E-state index contributed by atoms with van der Waals surface area (Å²) in [5, 5.41) is 10.4. The zero-order valence-electron chi connectivity index (χ0n) is 31.3. The van der Waals surface area contributed by atoms with Crippen LogP contribution in [-0.2, 0) is 0 Å². The Hall–Kier alpha value is -7.20. The molecule has 2 heterocycles. The summed E-state index contributed by atoms with van der Waals surface area (Å²) in [4.78, 5) is 0. The molecule has 0 radical (unpaired) electrons. The summed E-state index contributed by atoms with van der Waals surface area (Å²) in [6.07, 6.45) is 0. The Morgan fingerprint density at radius 3 is 1.32 bits per heavy atom. The van der Waals surface area contributed by atoms with Gasteiger partial charge in [0.25, 0.3) is 0 Å². The molecule has 0 unspecified atom stereocenters. The Morgan fingerprint density at radius 1 is 0.281 bits per heavy atom. The van der Waals surface area contributed by atoms with Crippen molar-refractivity contribution in [3.63, 3.8) is 0 Å². The maximum atomic E-state index is 2.57. The lowest BCUT2D eigenvalue weighted by Crippen LogP contribution is -2.75.